The lowest BCUT2D eigenvalue weighted by molar-refractivity contribution is 1.49. The summed E-state index contributed by atoms with van der Waals surface area (Å²) >= 11 is 11.1. The maximum Gasteiger partial charge on any atom is 0.0443 e. The van der Waals surface area contributed by atoms with Crippen molar-refractivity contribution in [3.05, 3.63) is 34.9 Å². The predicted molar refractivity (Wildman–Crippen MR) is 43.7 cm³/mol. The molecule has 0 amide bonds. The summed E-state index contributed by atoms with van der Waals surface area (Å²) in [5, 5.41) is 1.01. The first kappa shape index (κ1) is 8.80. The van der Waals surface area contributed by atoms with E-state index >= 15 is 0 Å². The molecule has 0 aromatic carbocycles. The molecule has 0 spiro atoms. The predicted octanol–water partition coefficient (Wildman–Crippen LogP) is 3.44. The van der Waals surface area contributed by atoms with Gasteiger partial charge in [0, 0.05) is 10.1 Å². The Morgan fingerprint density at radius 2 is 1.89 bits per heavy atom. The number of allylic oxidation sites excluding steroid dienone is 4. The molecule has 2 heteroatoms. The zero-order valence-corrected chi connectivity index (χ0v) is 6.76. The van der Waals surface area contributed by atoms with Gasteiger partial charge in [0.15, 0.2) is 0 Å². The summed E-state index contributed by atoms with van der Waals surface area (Å²) in [7, 11) is 0. The van der Waals surface area contributed by atoms with Crippen LogP contribution >= 0.6 is 23.2 Å². The standard InChI is InChI=1S/C7H8Cl2/c1-4-7(9)5(2)6(3)8/h4H,1,3H2,2H3/b7-5+. The Hall–Kier alpha value is -0.200. The lowest BCUT2D eigenvalue weighted by atomic mass is 10.3. The van der Waals surface area contributed by atoms with E-state index in [9.17, 15) is 0 Å². The maximum atomic E-state index is 5.63. The van der Waals surface area contributed by atoms with Crippen LogP contribution in [0.25, 0.3) is 0 Å². The average molecular weight is 163 g/mol. The van der Waals surface area contributed by atoms with Crippen LogP contribution in [0.15, 0.2) is 34.9 Å². The van der Waals surface area contributed by atoms with Crippen LogP contribution in [0.1, 0.15) is 6.92 Å². The number of hydrogen-bond donors (Lipinski definition) is 0. The van der Waals surface area contributed by atoms with E-state index in [4.69, 9.17) is 23.2 Å². The van der Waals surface area contributed by atoms with Gasteiger partial charge in [-0.05, 0) is 12.5 Å². The minimum atomic E-state index is 0.458. The molecular formula is C7H8Cl2. The van der Waals surface area contributed by atoms with Crippen LogP contribution in [-0.4, -0.2) is 0 Å². The van der Waals surface area contributed by atoms with Gasteiger partial charge in [0.25, 0.3) is 0 Å². The van der Waals surface area contributed by atoms with E-state index in [1.165, 1.54) is 6.08 Å². The molecule has 0 aliphatic carbocycles. The van der Waals surface area contributed by atoms with E-state index in [0.717, 1.165) is 5.57 Å². The van der Waals surface area contributed by atoms with Gasteiger partial charge in [-0.1, -0.05) is 42.4 Å². The van der Waals surface area contributed by atoms with E-state index in [1.54, 1.807) is 6.92 Å². The van der Waals surface area contributed by atoms with Crippen LogP contribution < -0.4 is 0 Å². The molecule has 0 rings (SSSR count). The minimum absolute atomic E-state index is 0.458. The Labute approximate surface area is 65.5 Å². The van der Waals surface area contributed by atoms with Crippen molar-refractivity contribution in [1.82, 2.24) is 0 Å². The summed E-state index contributed by atoms with van der Waals surface area (Å²) in [6, 6.07) is 0. The van der Waals surface area contributed by atoms with E-state index in [0.29, 0.717) is 10.1 Å². The second-order valence-electron chi connectivity index (χ2n) is 1.58. The van der Waals surface area contributed by atoms with Crippen molar-refractivity contribution in [3.63, 3.8) is 0 Å². The number of rotatable bonds is 2. The quantitative estimate of drug-likeness (QED) is 0.547. The highest BCUT2D eigenvalue weighted by atomic mass is 35.5. The molecule has 0 bridgehead atoms. The van der Waals surface area contributed by atoms with Crippen molar-refractivity contribution in [2.24, 2.45) is 0 Å². The first-order valence-corrected chi connectivity index (χ1v) is 3.18. The fourth-order valence-corrected chi connectivity index (χ4v) is 0.547. The molecular weight excluding hydrogens is 155 g/mol. The first-order valence-electron chi connectivity index (χ1n) is 2.43. The summed E-state index contributed by atoms with van der Waals surface area (Å²) in [5.74, 6) is 0. The van der Waals surface area contributed by atoms with Crippen molar-refractivity contribution >= 4 is 23.2 Å². The van der Waals surface area contributed by atoms with Crippen LogP contribution in [0.2, 0.25) is 0 Å². The molecule has 0 atom stereocenters. The summed E-state index contributed by atoms with van der Waals surface area (Å²) in [5.41, 5.74) is 0.772. The van der Waals surface area contributed by atoms with Crippen LogP contribution in [0.3, 0.4) is 0 Å². The van der Waals surface area contributed by atoms with Gasteiger partial charge in [0.1, 0.15) is 0 Å². The molecule has 0 unspecified atom stereocenters. The van der Waals surface area contributed by atoms with Crippen molar-refractivity contribution in [3.8, 4) is 0 Å². The molecule has 0 radical (unpaired) electrons. The third-order valence-corrected chi connectivity index (χ3v) is 1.67. The molecule has 0 aromatic rings. The molecule has 50 valence electrons. The minimum Gasteiger partial charge on any atom is -0.0976 e. The van der Waals surface area contributed by atoms with Crippen molar-refractivity contribution < 1.29 is 0 Å². The summed E-state index contributed by atoms with van der Waals surface area (Å²) in [4.78, 5) is 0. The highest BCUT2D eigenvalue weighted by Gasteiger charge is 1.95. The van der Waals surface area contributed by atoms with Crippen molar-refractivity contribution in [2.75, 3.05) is 0 Å². The maximum absolute atomic E-state index is 5.63. The fourth-order valence-electron chi connectivity index (χ4n) is 0.283. The van der Waals surface area contributed by atoms with Gasteiger partial charge < -0.3 is 0 Å². The van der Waals surface area contributed by atoms with Crippen LogP contribution in [0.5, 0.6) is 0 Å². The van der Waals surface area contributed by atoms with Gasteiger partial charge in [-0.2, -0.15) is 0 Å². The first-order chi connectivity index (χ1) is 4.09. The van der Waals surface area contributed by atoms with Gasteiger partial charge >= 0.3 is 0 Å². The Kier molecular flexibility index (Phi) is 3.67. The van der Waals surface area contributed by atoms with E-state index < -0.39 is 0 Å². The topological polar surface area (TPSA) is 0 Å². The Balaban J connectivity index is 4.47. The smallest absolute Gasteiger partial charge is 0.0443 e. The molecule has 0 nitrogen and oxygen atoms in total. The third kappa shape index (κ3) is 2.73. The second kappa shape index (κ2) is 3.76. The van der Waals surface area contributed by atoms with Gasteiger partial charge in [-0.15, -0.1) is 0 Å². The Bertz CT molecular complexity index is 166. The van der Waals surface area contributed by atoms with E-state index in [2.05, 4.69) is 13.2 Å². The Morgan fingerprint density at radius 3 is 2.00 bits per heavy atom. The number of halogens is 2. The zero-order valence-electron chi connectivity index (χ0n) is 5.25. The molecule has 0 saturated carbocycles. The normalized spacial score (nSPS) is 12.3. The highest BCUT2D eigenvalue weighted by Crippen LogP contribution is 2.18. The molecule has 0 heterocycles. The molecule has 0 N–H and O–H groups in total. The molecule has 0 aliphatic rings. The Morgan fingerprint density at radius 1 is 1.44 bits per heavy atom. The van der Waals surface area contributed by atoms with Crippen molar-refractivity contribution in [2.45, 2.75) is 6.92 Å². The molecule has 0 aliphatic heterocycles. The number of hydrogen-bond acceptors (Lipinski definition) is 0. The van der Waals surface area contributed by atoms with E-state index in [-0.39, 0.29) is 0 Å². The van der Waals surface area contributed by atoms with Crippen LogP contribution in [0.4, 0.5) is 0 Å². The van der Waals surface area contributed by atoms with Gasteiger partial charge in [-0.25, -0.2) is 0 Å². The molecule has 0 fully saturated rings. The lowest BCUT2D eigenvalue weighted by Gasteiger charge is -1.96. The SMILES string of the molecule is C=C/C(Cl)=C(/C)C(=C)Cl. The van der Waals surface area contributed by atoms with Crippen LogP contribution in [-0.2, 0) is 0 Å². The zero-order chi connectivity index (χ0) is 7.44. The molecule has 0 aromatic heterocycles. The van der Waals surface area contributed by atoms with Gasteiger partial charge in [0.2, 0.25) is 0 Å². The van der Waals surface area contributed by atoms with Crippen molar-refractivity contribution in [1.29, 1.82) is 0 Å². The van der Waals surface area contributed by atoms with E-state index in [1.807, 2.05) is 0 Å². The van der Waals surface area contributed by atoms with Crippen LogP contribution in [0, 0.1) is 0 Å². The third-order valence-electron chi connectivity index (χ3n) is 0.944. The summed E-state index contributed by atoms with van der Waals surface area (Å²) in [6.45, 7) is 8.76. The van der Waals surface area contributed by atoms with Gasteiger partial charge in [0.05, 0.1) is 0 Å². The highest BCUT2D eigenvalue weighted by molar-refractivity contribution is 6.36. The molecule has 0 saturated heterocycles. The summed E-state index contributed by atoms with van der Waals surface area (Å²) in [6.07, 6.45) is 1.53. The lowest BCUT2D eigenvalue weighted by Crippen LogP contribution is -1.75. The average Bonchev–Trinajstić information content (AvgIpc) is 1.84. The summed E-state index contributed by atoms with van der Waals surface area (Å²) < 4.78 is 0. The molecule has 9 heavy (non-hydrogen) atoms. The fraction of sp³-hybridized carbons (Fsp3) is 0.143. The monoisotopic (exact) mass is 162 g/mol. The van der Waals surface area contributed by atoms with Gasteiger partial charge in [-0.3, -0.25) is 0 Å². The second-order valence-corrected chi connectivity index (χ2v) is 2.45. The largest absolute Gasteiger partial charge is 0.0976 e.